The van der Waals surface area contributed by atoms with Crippen molar-refractivity contribution in [3.05, 3.63) is 59.7 Å². The van der Waals surface area contributed by atoms with Crippen LogP contribution < -0.4 is 4.90 Å². The first-order chi connectivity index (χ1) is 9.22. The molecule has 0 saturated heterocycles. The summed E-state index contributed by atoms with van der Waals surface area (Å²) in [6.07, 6.45) is 0. The summed E-state index contributed by atoms with van der Waals surface area (Å²) >= 11 is 0. The molecule has 102 valence electrons. The average Bonchev–Trinajstić information content (AvgIpc) is 2.44. The van der Waals surface area contributed by atoms with Gasteiger partial charge >= 0.3 is 0 Å². The van der Waals surface area contributed by atoms with Crippen molar-refractivity contribution in [2.24, 2.45) is 0 Å². The minimum atomic E-state index is 0.980. The van der Waals surface area contributed by atoms with Crippen molar-refractivity contribution in [2.45, 2.75) is 34.6 Å². The third-order valence-electron chi connectivity index (χ3n) is 3.04. The van der Waals surface area contributed by atoms with Crippen molar-refractivity contribution in [2.75, 3.05) is 11.4 Å². The van der Waals surface area contributed by atoms with E-state index >= 15 is 0 Å². The SMILES string of the molecule is CC.CCN(c1cccc(C)c1)c1ccccc1C. The molecular weight excluding hydrogens is 230 g/mol. The van der Waals surface area contributed by atoms with Gasteiger partial charge in [0.25, 0.3) is 0 Å². The Morgan fingerprint density at radius 3 is 2.16 bits per heavy atom. The van der Waals surface area contributed by atoms with Crippen molar-refractivity contribution in [3.8, 4) is 0 Å². The van der Waals surface area contributed by atoms with E-state index in [1.807, 2.05) is 13.8 Å². The van der Waals surface area contributed by atoms with Gasteiger partial charge in [-0.2, -0.15) is 0 Å². The van der Waals surface area contributed by atoms with Gasteiger partial charge in [0.05, 0.1) is 0 Å². The van der Waals surface area contributed by atoms with Gasteiger partial charge in [0.2, 0.25) is 0 Å². The second-order valence-electron chi connectivity index (χ2n) is 4.37. The van der Waals surface area contributed by atoms with Crippen LogP contribution in [0, 0.1) is 13.8 Å². The van der Waals surface area contributed by atoms with Crippen molar-refractivity contribution in [3.63, 3.8) is 0 Å². The molecule has 1 nitrogen and oxygen atoms in total. The molecular formula is C18H25N. The van der Waals surface area contributed by atoms with Crippen LogP contribution in [0.4, 0.5) is 11.4 Å². The average molecular weight is 255 g/mol. The third-order valence-corrected chi connectivity index (χ3v) is 3.04. The molecule has 0 amide bonds. The molecule has 0 aromatic heterocycles. The predicted molar refractivity (Wildman–Crippen MR) is 86.4 cm³/mol. The minimum absolute atomic E-state index is 0.980. The number of benzene rings is 2. The lowest BCUT2D eigenvalue weighted by Crippen LogP contribution is -2.16. The van der Waals surface area contributed by atoms with Crippen LogP contribution >= 0.6 is 0 Å². The molecule has 0 N–H and O–H groups in total. The van der Waals surface area contributed by atoms with Gasteiger partial charge in [-0.1, -0.05) is 44.2 Å². The molecule has 0 unspecified atom stereocenters. The predicted octanol–water partition coefficient (Wildman–Crippen LogP) is 5.49. The number of aryl methyl sites for hydroxylation is 2. The van der Waals surface area contributed by atoms with E-state index in [1.165, 1.54) is 22.5 Å². The fraction of sp³-hybridized carbons (Fsp3) is 0.333. The Balaban J connectivity index is 0.000000861. The van der Waals surface area contributed by atoms with Gasteiger partial charge in [0.15, 0.2) is 0 Å². The number of anilines is 2. The van der Waals surface area contributed by atoms with Gasteiger partial charge in [-0.05, 0) is 50.1 Å². The zero-order valence-corrected chi connectivity index (χ0v) is 12.8. The van der Waals surface area contributed by atoms with E-state index in [0.29, 0.717) is 0 Å². The molecule has 0 bridgehead atoms. The quantitative estimate of drug-likeness (QED) is 0.701. The lowest BCUT2D eigenvalue weighted by molar-refractivity contribution is 1.01. The molecule has 0 aliphatic carbocycles. The number of para-hydroxylation sites is 1. The van der Waals surface area contributed by atoms with Gasteiger partial charge in [-0.3, -0.25) is 0 Å². The molecule has 0 saturated carbocycles. The molecule has 0 radical (unpaired) electrons. The summed E-state index contributed by atoms with van der Waals surface area (Å²) in [5.41, 5.74) is 5.17. The highest BCUT2D eigenvalue weighted by Crippen LogP contribution is 2.28. The Bertz CT molecular complexity index is 503. The molecule has 0 heterocycles. The lowest BCUT2D eigenvalue weighted by atomic mass is 10.1. The monoisotopic (exact) mass is 255 g/mol. The number of rotatable bonds is 3. The fourth-order valence-corrected chi connectivity index (χ4v) is 2.15. The summed E-state index contributed by atoms with van der Waals surface area (Å²) in [6.45, 7) is 11.5. The van der Waals surface area contributed by atoms with Crippen molar-refractivity contribution < 1.29 is 0 Å². The molecule has 0 aliphatic rings. The van der Waals surface area contributed by atoms with E-state index in [2.05, 4.69) is 74.2 Å². The molecule has 0 aliphatic heterocycles. The Morgan fingerprint density at radius 1 is 0.895 bits per heavy atom. The molecule has 19 heavy (non-hydrogen) atoms. The van der Waals surface area contributed by atoms with E-state index in [4.69, 9.17) is 0 Å². The lowest BCUT2D eigenvalue weighted by Gasteiger charge is -2.25. The molecule has 2 aromatic carbocycles. The molecule has 0 fully saturated rings. The largest absolute Gasteiger partial charge is 0.342 e. The Morgan fingerprint density at radius 2 is 1.58 bits per heavy atom. The van der Waals surface area contributed by atoms with Gasteiger partial charge < -0.3 is 4.90 Å². The summed E-state index contributed by atoms with van der Waals surface area (Å²) in [5, 5.41) is 0. The van der Waals surface area contributed by atoms with Crippen LogP contribution in [0.3, 0.4) is 0 Å². The van der Waals surface area contributed by atoms with E-state index in [-0.39, 0.29) is 0 Å². The minimum Gasteiger partial charge on any atom is -0.342 e. The van der Waals surface area contributed by atoms with E-state index in [9.17, 15) is 0 Å². The molecule has 1 heteroatoms. The second kappa shape index (κ2) is 7.63. The first kappa shape index (κ1) is 15.3. The Hall–Kier alpha value is -1.76. The van der Waals surface area contributed by atoms with E-state index in [0.717, 1.165) is 6.54 Å². The van der Waals surface area contributed by atoms with Gasteiger partial charge in [0, 0.05) is 17.9 Å². The highest BCUT2D eigenvalue weighted by Gasteiger charge is 2.08. The third kappa shape index (κ3) is 3.85. The van der Waals surface area contributed by atoms with Crippen LogP contribution in [0.15, 0.2) is 48.5 Å². The maximum Gasteiger partial charge on any atom is 0.0440 e. The maximum atomic E-state index is 2.35. The van der Waals surface area contributed by atoms with Crippen LogP contribution in [0.5, 0.6) is 0 Å². The summed E-state index contributed by atoms with van der Waals surface area (Å²) in [4.78, 5) is 2.35. The highest BCUT2D eigenvalue weighted by atomic mass is 15.1. The van der Waals surface area contributed by atoms with Crippen molar-refractivity contribution in [1.82, 2.24) is 0 Å². The van der Waals surface area contributed by atoms with Crippen LogP contribution in [-0.2, 0) is 0 Å². The van der Waals surface area contributed by atoms with E-state index < -0.39 is 0 Å². The van der Waals surface area contributed by atoms with Crippen LogP contribution in [0.25, 0.3) is 0 Å². The zero-order chi connectivity index (χ0) is 14.3. The summed E-state index contributed by atoms with van der Waals surface area (Å²) < 4.78 is 0. The number of hydrogen-bond acceptors (Lipinski definition) is 1. The second-order valence-corrected chi connectivity index (χ2v) is 4.37. The number of hydrogen-bond donors (Lipinski definition) is 0. The topological polar surface area (TPSA) is 3.24 Å². The Kier molecular flexibility index (Phi) is 6.14. The normalized spacial score (nSPS) is 9.53. The fourth-order valence-electron chi connectivity index (χ4n) is 2.15. The first-order valence-corrected chi connectivity index (χ1v) is 7.12. The van der Waals surface area contributed by atoms with Gasteiger partial charge in [-0.25, -0.2) is 0 Å². The molecule has 2 aromatic rings. The zero-order valence-electron chi connectivity index (χ0n) is 12.8. The Labute approximate surface area is 117 Å². The van der Waals surface area contributed by atoms with Crippen LogP contribution in [-0.4, -0.2) is 6.54 Å². The smallest absolute Gasteiger partial charge is 0.0440 e. The summed E-state index contributed by atoms with van der Waals surface area (Å²) in [7, 11) is 0. The highest BCUT2D eigenvalue weighted by molar-refractivity contribution is 5.66. The standard InChI is InChI=1S/C16H19N.C2H6/c1-4-17(15-10-7-8-13(2)12-15)16-11-6-5-9-14(16)3;1-2/h5-12H,4H2,1-3H3;1-2H3. The molecule has 0 atom stereocenters. The van der Waals surface area contributed by atoms with Crippen molar-refractivity contribution in [1.29, 1.82) is 0 Å². The van der Waals surface area contributed by atoms with Crippen LogP contribution in [0.1, 0.15) is 31.9 Å². The molecule has 2 rings (SSSR count). The number of nitrogens with zero attached hydrogens (tertiary/aromatic N) is 1. The molecule has 0 spiro atoms. The van der Waals surface area contributed by atoms with Crippen molar-refractivity contribution >= 4 is 11.4 Å². The van der Waals surface area contributed by atoms with Crippen LogP contribution in [0.2, 0.25) is 0 Å². The summed E-state index contributed by atoms with van der Waals surface area (Å²) in [5.74, 6) is 0. The summed E-state index contributed by atoms with van der Waals surface area (Å²) in [6, 6.07) is 17.2. The van der Waals surface area contributed by atoms with Gasteiger partial charge in [-0.15, -0.1) is 0 Å². The maximum absolute atomic E-state index is 2.35. The first-order valence-electron chi connectivity index (χ1n) is 7.12. The van der Waals surface area contributed by atoms with Gasteiger partial charge in [0.1, 0.15) is 0 Å². The van der Waals surface area contributed by atoms with E-state index in [1.54, 1.807) is 0 Å².